The second-order valence-corrected chi connectivity index (χ2v) is 7.76. The zero-order valence-electron chi connectivity index (χ0n) is 14.6. The molecule has 3 fully saturated rings. The number of nitrogens with zero attached hydrogens (tertiary/aromatic N) is 4. The van der Waals surface area contributed by atoms with Gasteiger partial charge in [0.2, 0.25) is 0 Å². The highest BCUT2D eigenvalue weighted by Gasteiger charge is 2.66. The first kappa shape index (κ1) is 17.5. The molecule has 2 aliphatic carbocycles. The molecule has 0 bridgehead atoms. The van der Waals surface area contributed by atoms with Gasteiger partial charge in [-0.2, -0.15) is 5.10 Å². The van der Waals surface area contributed by atoms with E-state index in [9.17, 15) is 0 Å². The lowest BCUT2D eigenvalue weighted by Crippen LogP contribution is -2.72. The Morgan fingerprint density at radius 2 is 2.24 bits per heavy atom. The summed E-state index contributed by atoms with van der Waals surface area (Å²) >= 11 is 0. The summed E-state index contributed by atoms with van der Waals surface area (Å²) in [7, 11) is 1.87. The lowest BCUT2D eigenvalue weighted by molar-refractivity contribution is -0.171. The van der Waals surface area contributed by atoms with Crippen LogP contribution in [-0.2, 0) is 17.7 Å². The summed E-state index contributed by atoms with van der Waals surface area (Å²) in [5.41, 5.74) is 0.379. The van der Waals surface area contributed by atoms with Crippen LogP contribution >= 0.6 is 24.0 Å². The van der Waals surface area contributed by atoms with Gasteiger partial charge >= 0.3 is 0 Å². The van der Waals surface area contributed by atoms with Gasteiger partial charge in [0.05, 0.1) is 12.6 Å². The Labute approximate surface area is 165 Å². The molecule has 0 radical (unpaired) electrons. The van der Waals surface area contributed by atoms with Crippen molar-refractivity contribution in [2.75, 3.05) is 13.7 Å². The molecule has 1 aromatic rings. The van der Waals surface area contributed by atoms with Crippen LogP contribution in [-0.4, -0.2) is 52.6 Å². The quantitative estimate of drug-likeness (QED) is 0.398. The van der Waals surface area contributed by atoms with E-state index in [-0.39, 0.29) is 24.0 Å². The molecule has 0 aromatic carbocycles. The second-order valence-electron chi connectivity index (χ2n) is 7.76. The normalized spacial score (nSPS) is 35.0. The van der Waals surface area contributed by atoms with E-state index in [1.807, 2.05) is 11.7 Å². The molecule has 1 saturated heterocycles. The van der Waals surface area contributed by atoms with Crippen LogP contribution in [0.2, 0.25) is 0 Å². The van der Waals surface area contributed by atoms with Gasteiger partial charge in [0.15, 0.2) is 5.96 Å². The van der Waals surface area contributed by atoms with Crippen molar-refractivity contribution in [2.24, 2.45) is 16.3 Å². The number of rotatable bonds is 2. The first-order valence-electron chi connectivity index (χ1n) is 9.28. The van der Waals surface area contributed by atoms with Gasteiger partial charge in [-0.05, 0) is 25.7 Å². The molecule has 7 nitrogen and oxygen atoms in total. The van der Waals surface area contributed by atoms with Crippen molar-refractivity contribution < 1.29 is 4.74 Å². The number of halogens is 1. The summed E-state index contributed by atoms with van der Waals surface area (Å²) in [5.74, 6) is 2.69. The van der Waals surface area contributed by atoms with Crippen molar-refractivity contribution >= 4 is 29.9 Å². The average Bonchev–Trinajstić information content (AvgIpc) is 3.17. The molecule has 1 aromatic heterocycles. The first-order valence-corrected chi connectivity index (χ1v) is 9.28. The predicted molar refractivity (Wildman–Crippen MR) is 105 cm³/mol. The van der Waals surface area contributed by atoms with Gasteiger partial charge in [-0.3, -0.25) is 4.99 Å². The fourth-order valence-electron chi connectivity index (χ4n) is 5.32. The molecule has 5 rings (SSSR count). The number of guanidine groups is 1. The maximum absolute atomic E-state index is 6.02. The molecule has 3 heterocycles. The first-order chi connectivity index (χ1) is 11.8. The van der Waals surface area contributed by atoms with Crippen molar-refractivity contribution in [3.05, 3.63) is 12.2 Å². The van der Waals surface area contributed by atoms with Crippen molar-refractivity contribution in [3.8, 4) is 0 Å². The highest BCUT2D eigenvalue weighted by Crippen LogP contribution is 2.62. The van der Waals surface area contributed by atoms with E-state index >= 15 is 0 Å². The second kappa shape index (κ2) is 6.68. The SMILES string of the molecule is CN=C(NC1CCc2ncnn2C1)NC1C2CCOC2C12CCC2.I. The fraction of sp³-hybridized carbons (Fsp3) is 0.824. The highest BCUT2D eigenvalue weighted by atomic mass is 127. The summed E-state index contributed by atoms with van der Waals surface area (Å²) < 4.78 is 8.02. The van der Waals surface area contributed by atoms with Crippen LogP contribution in [0.4, 0.5) is 0 Å². The molecule has 8 heteroatoms. The lowest BCUT2D eigenvalue weighted by atomic mass is 9.46. The molecule has 25 heavy (non-hydrogen) atoms. The topological polar surface area (TPSA) is 76.4 Å². The molecule has 2 saturated carbocycles. The van der Waals surface area contributed by atoms with Gasteiger partial charge in [-0.1, -0.05) is 6.42 Å². The summed E-state index contributed by atoms with van der Waals surface area (Å²) in [6.45, 7) is 1.79. The lowest BCUT2D eigenvalue weighted by Gasteiger charge is -2.63. The fourth-order valence-corrected chi connectivity index (χ4v) is 5.32. The monoisotopic (exact) mass is 458 g/mol. The van der Waals surface area contributed by atoms with Gasteiger partial charge in [-0.25, -0.2) is 9.67 Å². The van der Waals surface area contributed by atoms with Gasteiger partial charge in [-0.15, -0.1) is 24.0 Å². The van der Waals surface area contributed by atoms with E-state index in [4.69, 9.17) is 4.74 Å². The average molecular weight is 458 g/mol. The molecule has 138 valence electrons. The molecular weight excluding hydrogens is 431 g/mol. The number of nitrogens with one attached hydrogen (secondary N) is 2. The van der Waals surface area contributed by atoms with E-state index in [0.717, 1.165) is 37.8 Å². The van der Waals surface area contributed by atoms with Crippen LogP contribution in [0.3, 0.4) is 0 Å². The summed E-state index contributed by atoms with van der Waals surface area (Å²) in [5, 5.41) is 11.7. The number of aryl methyl sites for hydroxylation is 1. The van der Waals surface area contributed by atoms with Crippen molar-refractivity contribution in [3.63, 3.8) is 0 Å². The number of fused-ring (bicyclic) bond motifs is 3. The van der Waals surface area contributed by atoms with Crippen LogP contribution in [0.5, 0.6) is 0 Å². The Bertz CT molecular complexity index is 657. The molecular formula is C17H27IN6O. The Morgan fingerprint density at radius 1 is 1.36 bits per heavy atom. The summed E-state index contributed by atoms with van der Waals surface area (Å²) in [4.78, 5) is 8.79. The van der Waals surface area contributed by atoms with Crippen LogP contribution in [0.1, 0.15) is 37.9 Å². The van der Waals surface area contributed by atoms with E-state index in [0.29, 0.717) is 29.5 Å². The van der Waals surface area contributed by atoms with Gasteiger partial charge in [0, 0.05) is 43.5 Å². The molecule has 2 N–H and O–H groups in total. The van der Waals surface area contributed by atoms with Crippen molar-refractivity contribution in [1.82, 2.24) is 25.4 Å². The number of hydrogen-bond acceptors (Lipinski definition) is 4. The third-order valence-electron chi connectivity index (χ3n) is 6.70. The van der Waals surface area contributed by atoms with Crippen LogP contribution in [0.15, 0.2) is 11.3 Å². The molecule has 0 amide bonds. The predicted octanol–water partition coefficient (Wildman–Crippen LogP) is 1.33. The summed E-state index contributed by atoms with van der Waals surface area (Å²) in [6, 6.07) is 0.883. The smallest absolute Gasteiger partial charge is 0.191 e. The van der Waals surface area contributed by atoms with Gasteiger partial charge in [0.25, 0.3) is 0 Å². The number of hydrogen-bond donors (Lipinski definition) is 2. The van der Waals surface area contributed by atoms with Crippen LogP contribution < -0.4 is 10.6 Å². The van der Waals surface area contributed by atoms with E-state index in [1.165, 1.54) is 25.7 Å². The number of aromatic nitrogens is 3. The standard InChI is InChI=1S/C17H26N6O.HI/c1-18-16(21-11-3-4-13-19-10-20-23(13)9-11)22-14-12-5-8-24-15(12)17(14)6-2-7-17;/h10-12,14-15H,2-9H2,1H3,(H2,18,21,22);1H. The van der Waals surface area contributed by atoms with Crippen LogP contribution in [0, 0.1) is 11.3 Å². The Morgan fingerprint density at radius 3 is 3.00 bits per heavy atom. The van der Waals surface area contributed by atoms with Crippen molar-refractivity contribution in [1.29, 1.82) is 0 Å². The van der Waals surface area contributed by atoms with Gasteiger partial charge < -0.3 is 15.4 Å². The number of aliphatic imine (C=N–C) groups is 1. The third-order valence-corrected chi connectivity index (χ3v) is 6.70. The van der Waals surface area contributed by atoms with Crippen LogP contribution in [0.25, 0.3) is 0 Å². The van der Waals surface area contributed by atoms with E-state index in [1.54, 1.807) is 6.33 Å². The Hall–Kier alpha value is -0.900. The Kier molecular flexibility index (Phi) is 4.68. The zero-order valence-corrected chi connectivity index (χ0v) is 17.0. The van der Waals surface area contributed by atoms with Crippen molar-refractivity contribution in [2.45, 2.75) is 63.3 Å². The molecule has 2 aliphatic heterocycles. The zero-order chi connectivity index (χ0) is 16.1. The minimum Gasteiger partial charge on any atom is -0.377 e. The Balaban J connectivity index is 0.00000157. The minimum absolute atomic E-state index is 0. The molecule has 4 unspecified atom stereocenters. The van der Waals surface area contributed by atoms with Gasteiger partial charge in [0.1, 0.15) is 12.2 Å². The molecule has 1 spiro atoms. The third kappa shape index (κ3) is 2.67. The maximum atomic E-state index is 6.02. The summed E-state index contributed by atoms with van der Waals surface area (Å²) in [6.07, 6.45) is 9.32. The maximum Gasteiger partial charge on any atom is 0.191 e. The minimum atomic E-state index is 0. The molecule has 4 atom stereocenters. The van der Waals surface area contributed by atoms with E-state index < -0.39 is 0 Å². The largest absolute Gasteiger partial charge is 0.377 e. The number of ether oxygens (including phenoxy) is 1. The van der Waals surface area contributed by atoms with E-state index in [2.05, 4.69) is 25.7 Å². The molecule has 4 aliphatic rings. The highest BCUT2D eigenvalue weighted by molar-refractivity contribution is 14.0.